The third-order valence-corrected chi connectivity index (χ3v) is 5.26. The molecule has 0 unspecified atom stereocenters. The van der Waals surface area contributed by atoms with Gasteiger partial charge in [-0.05, 0) is 36.2 Å². The van der Waals surface area contributed by atoms with E-state index in [1.54, 1.807) is 13.1 Å². The van der Waals surface area contributed by atoms with Crippen LogP contribution in [0.25, 0.3) is 11.0 Å². The Balaban J connectivity index is 2.02. The lowest BCUT2D eigenvalue weighted by Gasteiger charge is -2.29. The molecule has 29 heavy (non-hydrogen) atoms. The highest BCUT2D eigenvalue weighted by atomic mass is 16.3. The maximum atomic E-state index is 12.1. The van der Waals surface area contributed by atoms with Crippen LogP contribution >= 0.6 is 0 Å². The van der Waals surface area contributed by atoms with Crippen LogP contribution in [-0.2, 0) is 12.1 Å². The number of carbonyl (C=O) groups excluding carboxylic acids is 1. The lowest BCUT2D eigenvalue weighted by molar-refractivity contribution is 0.0963. The van der Waals surface area contributed by atoms with Crippen LogP contribution in [0.1, 0.15) is 34.2 Å². The van der Waals surface area contributed by atoms with Gasteiger partial charge in [0, 0.05) is 19.2 Å². The van der Waals surface area contributed by atoms with E-state index in [9.17, 15) is 9.90 Å². The van der Waals surface area contributed by atoms with Crippen LogP contribution in [0.5, 0.6) is 0 Å². The normalized spacial score (nSPS) is 11.6. The van der Waals surface area contributed by atoms with Gasteiger partial charge in [0.1, 0.15) is 0 Å². The molecule has 0 saturated heterocycles. The number of aryl methyl sites for hydroxylation is 1. The molecule has 3 aromatic carbocycles. The molecule has 4 aromatic rings. The maximum absolute atomic E-state index is 12.1. The van der Waals surface area contributed by atoms with Gasteiger partial charge in [-0.2, -0.15) is 0 Å². The SMILES string of the molecule is CCn1c(C(O)(c2ccccc2)c2ccccc2)nc2ccc(C(=O)NC)cc21. The molecule has 146 valence electrons. The van der Waals surface area contributed by atoms with Crippen molar-refractivity contribution < 1.29 is 9.90 Å². The molecule has 4 rings (SSSR count). The summed E-state index contributed by atoms with van der Waals surface area (Å²) in [7, 11) is 1.61. The minimum absolute atomic E-state index is 0.154. The fourth-order valence-corrected chi connectivity index (χ4v) is 3.79. The van der Waals surface area contributed by atoms with Crippen molar-refractivity contribution >= 4 is 16.9 Å². The van der Waals surface area contributed by atoms with Crippen molar-refractivity contribution in [2.24, 2.45) is 0 Å². The summed E-state index contributed by atoms with van der Waals surface area (Å²) in [5.74, 6) is 0.375. The number of imidazole rings is 1. The Hall–Kier alpha value is -3.44. The van der Waals surface area contributed by atoms with Crippen molar-refractivity contribution in [2.75, 3.05) is 7.05 Å². The van der Waals surface area contributed by atoms with Crippen LogP contribution in [-0.4, -0.2) is 27.6 Å². The first-order chi connectivity index (χ1) is 14.1. The second kappa shape index (κ2) is 7.53. The summed E-state index contributed by atoms with van der Waals surface area (Å²) in [6.07, 6.45) is 0. The number of rotatable bonds is 5. The van der Waals surface area contributed by atoms with Gasteiger partial charge < -0.3 is 15.0 Å². The van der Waals surface area contributed by atoms with Crippen LogP contribution in [0.15, 0.2) is 78.9 Å². The zero-order valence-electron chi connectivity index (χ0n) is 16.5. The van der Waals surface area contributed by atoms with E-state index in [-0.39, 0.29) is 5.91 Å². The van der Waals surface area contributed by atoms with Gasteiger partial charge in [0.15, 0.2) is 11.4 Å². The Bertz CT molecular complexity index is 1110. The number of aromatic nitrogens is 2. The molecule has 0 aliphatic rings. The molecule has 0 aliphatic heterocycles. The molecule has 0 bridgehead atoms. The molecular formula is C24H23N3O2. The molecule has 0 spiro atoms. The zero-order chi connectivity index (χ0) is 20.4. The standard InChI is InChI=1S/C24H23N3O2/c1-3-27-21-16-17(22(28)25-2)14-15-20(21)26-23(27)24(29,18-10-6-4-7-11-18)19-12-8-5-9-13-19/h4-16,29H,3H2,1-2H3,(H,25,28). The Morgan fingerprint density at radius 1 is 1.00 bits per heavy atom. The van der Waals surface area contributed by atoms with E-state index in [1.807, 2.05) is 84.3 Å². The van der Waals surface area contributed by atoms with Gasteiger partial charge >= 0.3 is 0 Å². The van der Waals surface area contributed by atoms with E-state index in [4.69, 9.17) is 4.98 Å². The van der Waals surface area contributed by atoms with Crippen molar-refractivity contribution in [1.29, 1.82) is 0 Å². The van der Waals surface area contributed by atoms with Crippen LogP contribution in [0.4, 0.5) is 0 Å². The number of carbonyl (C=O) groups is 1. The van der Waals surface area contributed by atoms with E-state index in [0.717, 1.165) is 22.2 Å². The van der Waals surface area contributed by atoms with Crippen LogP contribution in [0.3, 0.4) is 0 Å². The molecule has 0 aliphatic carbocycles. The predicted octanol–water partition coefficient (Wildman–Crippen LogP) is 3.70. The van der Waals surface area contributed by atoms with E-state index in [1.165, 1.54) is 0 Å². The van der Waals surface area contributed by atoms with Crippen molar-refractivity contribution in [1.82, 2.24) is 14.9 Å². The zero-order valence-corrected chi connectivity index (χ0v) is 16.5. The third-order valence-electron chi connectivity index (χ3n) is 5.26. The van der Waals surface area contributed by atoms with Gasteiger partial charge in [0.25, 0.3) is 5.91 Å². The van der Waals surface area contributed by atoms with Crippen molar-refractivity contribution in [3.05, 3.63) is 101 Å². The van der Waals surface area contributed by atoms with Gasteiger partial charge in [0.2, 0.25) is 0 Å². The topological polar surface area (TPSA) is 67.1 Å². The highest BCUT2D eigenvalue weighted by Crippen LogP contribution is 2.37. The Morgan fingerprint density at radius 2 is 1.59 bits per heavy atom. The molecule has 1 aromatic heterocycles. The molecule has 2 N–H and O–H groups in total. The average Bonchev–Trinajstić information content (AvgIpc) is 3.17. The quantitative estimate of drug-likeness (QED) is 0.550. The number of benzene rings is 3. The van der Waals surface area contributed by atoms with Gasteiger partial charge in [-0.15, -0.1) is 0 Å². The van der Waals surface area contributed by atoms with Crippen LogP contribution in [0, 0.1) is 0 Å². The fraction of sp³-hybridized carbons (Fsp3) is 0.167. The van der Waals surface area contributed by atoms with Crippen LogP contribution in [0.2, 0.25) is 0 Å². The molecule has 0 radical (unpaired) electrons. The second-order valence-corrected chi connectivity index (χ2v) is 6.90. The van der Waals surface area contributed by atoms with Crippen molar-refractivity contribution in [2.45, 2.75) is 19.1 Å². The van der Waals surface area contributed by atoms with E-state index >= 15 is 0 Å². The van der Waals surface area contributed by atoms with E-state index in [0.29, 0.717) is 17.9 Å². The summed E-state index contributed by atoms with van der Waals surface area (Å²) in [6, 6.07) is 24.5. The summed E-state index contributed by atoms with van der Waals surface area (Å²) in [6.45, 7) is 2.61. The Kier molecular flexibility index (Phi) is 4.91. The number of hydrogen-bond donors (Lipinski definition) is 2. The first kappa shape index (κ1) is 18.9. The minimum Gasteiger partial charge on any atom is -0.373 e. The monoisotopic (exact) mass is 385 g/mol. The molecular weight excluding hydrogens is 362 g/mol. The van der Waals surface area contributed by atoms with Crippen molar-refractivity contribution in [3.8, 4) is 0 Å². The molecule has 0 atom stereocenters. The Labute approximate surface area is 169 Å². The molecule has 5 nitrogen and oxygen atoms in total. The summed E-state index contributed by atoms with van der Waals surface area (Å²) in [5, 5.41) is 14.8. The molecule has 1 amide bonds. The number of aliphatic hydroxyl groups is 1. The number of fused-ring (bicyclic) bond motifs is 1. The Morgan fingerprint density at radius 3 is 2.10 bits per heavy atom. The second-order valence-electron chi connectivity index (χ2n) is 6.90. The van der Waals surface area contributed by atoms with E-state index in [2.05, 4.69) is 5.32 Å². The lowest BCUT2D eigenvalue weighted by Crippen LogP contribution is -2.32. The summed E-state index contributed by atoms with van der Waals surface area (Å²) in [5.41, 5.74) is 2.16. The smallest absolute Gasteiger partial charge is 0.251 e. The summed E-state index contributed by atoms with van der Waals surface area (Å²) in [4.78, 5) is 16.9. The van der Waals surface area contributed by atoms with Gasteiger partial charge in [-0.3, -0.25) is 4.79 Å². The van der Waals surface area contributed by atoms with Gasteiger partial charge in [0.05, 0.1) is 11.0 Å². The first-order valence-corrected chi connectivity index (χ1v) is 9.65. The summed E-state index contributed by atoms with van der Waals surface area (Å²) >= 11 is 0. The lowest BCUT2D eigenvalue weighted by atomic mass is 9.85. The highest BCUT2D eigenvalue weighted by Gasteiger charge is 2.38. The minimum atomic E-state index is -1.43. The number of nitrogens with one attached hydrogen (secondary N) is 1. The van der Waals surface area contributed by atoms with Gasteiger partial charge in [-0.1, -0.05) is 60.7 Å². The molecule has 1 heterocycles. The first-order valence-electron chi connectivity index (χ1n) is 9.65. The third kappa shape index (κ3) is 3.09. The molecule has 0 saturated carbocycles. The van der Waals surface area contributed by atoms with Crippen LogP contribution < -0.4 is 5.32 Å². The fourth-order valence-electron chi connectivity index (χ4n) is 3.79. The van der Waals surface area contributed by atoms with Gasteiger partial charge in [-0.25, -0.2) is 4.98 Å². The molecule has 0 fully saturated rings. The highest BCUT2D eigenvalue weighted by molar-refractivity contribution is 5.97. The average molecular weight is 385 g/mol. The number of nitrogens with zero attached hydrogens (tertiary/aromatic N) is 2. The van der Waals surface area contributed by atoms with Crippen molar-refractivity contribution in [3.63, 3.8) is 0 Å². The molecule has 5 heteroatoms. The van der Waals surface area contributed by atoms with E-state index < -0.39 is 5.60 Å². The number of amides is 1. The predicted molar refractivity (Wildman–Crippen MR) is 114 cm³/mol. The largest absolute Gasteiger partial charge is 0.373 e. The maximum Gasteiger partial charge on any atom is 0.251 e. The summed E-state index contributed by atoms with van der Waals surface area (Å²) < 4.78 is 1.97. The number of hydrogen-bond acceptors (Lipinski definition) is 3.